The summed E-state index contributed by atoms with van der Waals surface area (Å²) in [6.45, 7) is 2.26. The molecule has 0 aliphatic carbocycles. The van der Waals surface area contributed by atoms with Gasteiger partial charge in [-0.05, 0) is 24.6 Å². The summed E-state index contributed by atoms with van der Waals surface area (Å²) in [4.78, 5) is 12.6. The fourth-order valence-electron chi connectivity index (χ4n) is 2.83. The Hall–Kier alpha value is -3.08. The lowest BCUT2D eigenvalue weighted by Gasteiger charge is -2.17. The zero-order valence-electron chi connectivity index (χ0n) is 14.8. The summed E-state index contributed by atoms with van der Waals surface area (Å²) >= 11 is 1.08. The Labute approximate surface area is 161 Å². The van der Waals surface area contributed by atoms with Gasteiger partial charge in [0, 0.05) is 12.1 Å². The normalized spacial score (nSPS) is 11.7. The number of rotatable bonds is 7. The molecule has 7 heteroatoms. The van der Waals surface area contributed by atoms with Crippen molar-refractivity contribution in [1.82, 2.24) is 5.32 Å². The van der Waals surface area contributed by atoms with E-state index in [2.05, 4.69) is 11.4 Å². The Morgan fingerprint density at radius 1 is 1.33 bits per heavy atom. The summed E-state index contributed by atoms with van der Waals surface area (Å²) in [7, 11) is 0. The van der Waals surface area contributed by atoms with Crippen LogP contribution in [0.1, 0.15) is 45.1 Å². The fraction of sp³-hybridized carbons (Fsp3) is 0.200. The molecule has 2 heterocycles. The third-order valence-electron chi connectivity index (χ3n) is 4.05. The lowest BCUT2D eigenvalue weighted by molar-refractivity contribution is 0.0530. The monoisotopic (exact) mass is 381 g/mol. The van der Waals surface area contributed by atoms with Gasteiger partial charge in [-0.1, -0.05) is 30.3 Å². The molecule has 0 unspecified atom stereocenters. The second-order valence-corrected chi connectivity index (χ2v) is 6.77. The molecule has 0 saturated carbocycles. The number of hydrogen-bond donors (Lipinski definition) is 2. The van der Waals surface area contributed by atoms with Crippen molar-refractivity contribution in [2.45, 2.75) is 19.5 Å². The Morgan fingerprint density at radius 3 is 2.74 bits per heavy atom. The van der Waals surface area contributed by atoms with Crippen LogP contribution >= 0.6 is 11.3 Å². The van der Waals surface area contributed by atoms with E-state index in [9.17, 15) is 10.1 Å². The lowest BCUT2D eigenvalue weighted by Crippen LogP contribution is -2.23. The molecule has 0 saturated heterocycles. The maximum atomic E-state index is 12.3. The highest BCUT2D eigenvalue weighted by molar-refractivity contribution is 7.18. The van der Waals surface area contributed by atoms with E-state index in [4.69, 9.17) is 14.9 Å². The number of benzene rings is 1. The van der Waals surface area contributed by atoms with Gasteiger partial charge in [0.25, 0.3) is 0 Å². The number of carbonyl (C=O) groups excluding carboxylic acids is 1. The first-order valence-corrected chi connectivity index (χ1v) is 9.27. The van der Waals surface area contributed by atoms with Crippen molar-refractivity contribution in [3.8, 4) is 6.07 Å². The van der Waals surface area contributed by atoms with E-state index >= 15 is 0 Å². The number of nitrogens with one attached hydrogen (secondary N) is 1. The van der Waals surface area contributed by atoms with Gasteiger partial charge in [0.05, 0.1) is 24.5 Å². The zero-order chi connectivity index (χ0) is 19.2. The summed E-state index contributed by atoms with van der Waals surface area (Å²) in [6.07, 6.45) is 1.61. The van der Waals surface area contributed by atoms with Crippen LogP contribution in [0, 0.1) is 11.3 Å². The number of esters is 1. The molecular weight excluding hydrogens is 362 g/mol. The van der Waals surface area contributed by atoms with Gasteiger partial charge >= 0.3 is 5.97 Å². The number of hydrogen-bond acceptors (Lipinski definition) is 7. The number of anilines is 1. The molecule has 1 aromatic carbocycles. The number of nitriles is 1. The third-order valence-corrected chi connectivity index (χ3v) is 5.09. The van der Waals surface area contributed by atoms with Crippen LogP contribution in [-0.2, 0) is 11.3 Å². The van der Waals surface area contributed by atoms with Crippen LogP contribution in [0.15, 0.2) is 53.1 Å². The van der Waals surface area contributed by atoms with Gasteiger partial charge in [-0.3, -0.25) is 5.32 Å². The smallest absolute Gasteiger partial charge is 0.348 e. The van der Waals surface area contributed by atoms with E-state index in [0.717, 1.165) is 22.7 Å². The van der Waals surface area contributed by atoms with Crippen molar-refractivity contribution < 1.29 is 13.9 Å². The molecule has 3 aromatic rings. The minimum Gasteiger partial charge on any atom is -0.467 e. The van der Waals surface area contributed by atoms with Crippen molar-refractivity contribution in [1.29, 1.82) is 5.26 Å². The lowest BCUT2D eigenvalue weighted by atomic mass is 10.0. The van der Waals surface area contributed by atoms with Gasteiger partial charge in [-0.15, -0.1) is 11.3 Å². The van der Waals surface area contributed by atoms with Crippen molar-refractivity contribution in [2.75, 3.05) is 12.3 Å². The molecule has 2 aromatic heterocycles. The standard InChI is InChI=1S/C20H19N3O3S/c1-2-25-20(24)18-15(14(11-21)19(22)27-18)12-23-17(16-9-6-10-26-16)13-7-4-3-5-8-13/h3-10,17,23H,2,12,22H2,1H3/t17-/m0/s1. The Bertz CT molecular complexity index is 943. The van der Waals surface area contributed by atoms with Gasteiger partial charge in [-0.25, -0.2) is 4.79 Å². The highest BCUT2D eigenvalue weighted by Crippen LogP contribution is 2.32. The molecule has 3 N–H and O–H groups in total. The molecule has 0 aliphatic heterocycles. The SMILES string of the molecule is CCOC(=O)c1sc(N)c(C#N)c1CN[C@@H](c1ccccc1)c1ccco1. The predicted octanol–water partition coefficient (Wildman–Crippen LogP) is 3.85. The predicted molar refractivity (Wildman–Crippen MR) is 103 cm³/mol. The number of ether oxygens (including phenoxy) is 1. The topological polar surface area (TPSA) is 101 Å². The highest BCUT2D eigenvalue weighted by Gasteiger charge is 2.24. The molecule has 6 nitrogen and oxygen atoms in total. The first-order chi connectivity index (χ1) is 13.2. The Morgan fingerprint density at radius 2 is 2.11 bits per heavy atom. The number of nitrogens with zero attached hydrogens (tertiary/aromatic N) is 1. The van der Waals surface area contributed by atoms with Crippen LogP contribution in [0.25, 0.3) is 0 Å². The molecular formula is C20H19N3O3S. The molecule has 0 bridgehead atoms. The highest BCUT2D eigenvalue weighted by atomic mass is 32.1. The van der Waals surface area contributed by atoms with Crippen LogP contribution < -0.4 is 11.1 Å². The molecule has 27 heavy (non-hydrogen) atoms. The summed E-state index contributed by atoms with van der Waals surface area (Å²) in [5.74, 6) is 0.266. The molecule has 0 amide bonds. The fourth-order valence-corrected chi connectivity index (χ4v) is 3.76. The van der Waals surface area contributed by atoms with Crippen LogP contribution in [0.4, 0.5) is 5.00 Å². The largest absolute Gasteiger partial charge is 0.467 e. The number of carbonyl (C=O) groups is 1. The minimum atomic E-state index is -0.471. The van der Waals surface area contributed by atoms with Crippen LogP contribution in [-0.4, -0.2) is 12.6 Å². The first kappa shape index (κ1) is 18.7. The maximum Gasteiger partial charge on any atom is 0.348 e. The van der Waals surface area contributed by atoms with E-state index in [0.29, 0.717) is 21.0 Å². The zero-order valence-corrected chi connectivity index (χ0v) is 15.6. The van der Waals surface area contributed by atoms with Crippen molar-refractivity contribution >= 4 is 22.3 Å². The molecule has 0 spiro atoms. The molecule has 3 rings (SSSR count). The third kappa shape index (κ3) is 4.03. The summed E-state index contributed by atoms with van der Waals surface area (Å²) < 4.78 is 10.7. The van der Waals surface area contributed by atoms with Gasteiger partial charge in [-0.2, -0.15) is 5.26 Å². The second-order valence-electron chi connectivity index (χ2n) is 5.72. The van der Waals surface area contributed by atoms with E-state index in [1.807, 2.05) is 42.5 Å². The van der Waals surface area contributed by atoms with Gasteiger partial charge < -0.3 is 14.9 Å². The molecule has 0 aliphatic rings. The average Bonchev–Trinajstić information content (AvgIpc) is 3.31. The first-order valence-electron chi connectivity index (χ1n) is 8.45. The van der Waals surface area contributed by atoms with Crippen molar-refractivity contribution in [2.24, 2.45) is 0 Å². The van der Waals surface area contributed by atoms with Gasteiger partial charge in [0.15, 0.2) is 0 Å². The van der Waals surface area contributed by atoms with Crippen LogP contribution in [0.5, 0.6) is 0 Å². The number of thiophene rings is 1. The van der Waals surface area contributed by atoms with E-state index in [1.165, 1.54) is 0 Å². The van der Waals surface area contributed by atoms with E-state index in [1.54, 1.807) is 13.2 Å². The summed E-state index contributed by atoms with van der Waals surface area (Å²) in [5.41, 5.74) is 7.80. The van der Waals surface area contributed by atoms with E-state index in [-0.39, 0.29) is 19.2 Å². The quantitative estimate of drug-likeness (QED) is 0.603. The van der Waals surface area contributed by atoms with Crippen molar-refractivity contribution in [3.05, 3.63) is 76.1 Å². The molecule has 138 valence electrons. The summed E-state index contributed by atoms with van der Waals surface area (Å²) in [6, 6.07) is 15.4. The molecule has 0 radical (unpaired) electrons. The minimum absolute atomic E-state index is 0.232. The van der Waals surface area contributed by atoms with Gasteiger partial charge in [0.1, 0.15) is 21.7 Å². The average molecular weight is 381 g/mol. The number of nitrogen functional groups attached to an aromatic ring is 1. The second kappa shape index (κ2) is 8.54. The Balaban J connectivity index is 1.92. The summed E-state index contributed by atoms with van der Waals surface area (Å²) in [5, 5.41) is 13.2. The molecule has 0 fully saturated rings. The van der Waals surface area contributed by atoms with Crippen LogP contribution in [0.2, 0.25) is 0 Å². The Kier molecular flexibility index (Phi) is 5.91. The van der Waals surface area contributed by atoms with Crippen LogP contribution in [0.3, 0.4) is 0 Å². The molecule has 1 atom stereocenters. The van der Waals surface area contributed by atoms with E-state index < -0.39 is 5.97 Å². The maximum absolute atomic E-state index is 12.3. The number of furan rings is 1. The van der Waals surface area contributed by atoms with Crippen molar-refractivity contribution in [3.63, 3.8) is 0 Å². The number of nitrogens with two attached hydrogens (primary N) is 1. The van der Waals surface area contributed by atoms with Gasteiger partial charge in [0.2, 0.25) is 0 Å².